The van der Waals surface area contributed by atoms with E-state index in [0.717, 1.165) is 111 Å². The van der Waals surface area contributed by atoms with Crippen LogP contribution in [0.3, 0.4) is 0 Å². The Morgan fingerprint density at radius 3 is 0.830 bits per heavy atom. The Kier molecular flexibility index (Phi) is 17.0. The molecule has 0 saturated heterocycles. The Balaban J connectivity index is 0.785. The first kappa shape index (κ1) is 67.9. The molecule has 0 spiro atoms. The van der Waals surface area contributed by atoms with E-state index in [-0.39, 0.29) is 11.8 Å². The molecule has 4 nitrogen and oxygen atoms in total. The molecule has 0 aliphatic carbocycles. The molecule has 0 saturated carbocycles. The van der Waals surface area contributed by atoms with Gasteiger partial charge in [0.25, 0.3) is 0 Å². The van der Waals surface area contributed by atoms with Crippen molar-refractivity contribution in [3.63, 3.8) is 0 Å². The number of para-hydroxylation sites is 4. The summed E-state index contributed by atoms with van der Waals surface area (Å²) in [6.45, 7) is 9.40. The molecule has 6 heteroatoms. The lowest BCUT2D eigenvalue weighted by molar-refractivity contribution is 0.668. The van der Waals surface area contributed by atoms with E-state index in [0.29, 0.717) is 0 Å². The minimum absolute atomic E-state index is 0.152. The Morgan fingerprint density at radius 1 is 0.214 bits per heavy atom. The molecule has 2 aromatic heterocycles. The molecule has 0 aliphatic heterocycles. The van der Waals surface area contributed by atoms with Crippen LogP contribution in [0.25, 0.3) is 98.4 Å². The summed E-state index contributed by atoms with van der Waals surface area (Å²) in [5.41, 5.74) is 16.6. The highest BCUT2D eigenvalue weighted by Gasteiger charge is 2.43. The predicted molar refractivity (Wildman–Crippen MR) is 480 cm³/mol. The average molecular weight is 1470 g/mol. The van der Waals surface area contributed by atoms with Crippen molar-refractivity contribution in [1.29, 1.82) is 0 Å². The molecule has 0 aliphatic rings. The van der Waals surface area contributed by atoms with E-state index in [4.69, 9.17) is 8.83 Å². The Hall–Kier alpha value is -13.4. The molecule has 0 unspecified atom stereocenters. The van der Waals surface area contributed by atoms with Gasteiger partial charge < -0.3 is 18.6 Å². The van der Waals surface area contributed by atoms with Gasteiger partial charge in [0.05, 0.1) is 22.7 Å². The summed E-state index contributed by atoms with van der Waals surface area (Å²) in [4.78, 5) is 4.98. The molecule has 0 N–H and O–H groups in total. The van der Waals surface area contributed by atoms with Crippen LogP contribution in [-0.2, 0) is 0 Å². The fourth-order valence-corrected chi connectivity index (χ4v) is 28.2. The summed E-state index contributed by atoms with van der Waals surface area (Å²) < 4.78 is 14.3. The van der Waals surface area contributed by atoms with E-state index < -0.39 is 16.1 Å². The van der Waals surface area contributed by atoms with Gasteiger partial charge in [-0.1, -0.05) is 367 Å². The lowest BCUT2D eigenvalue weighted by Crippen LogP contribution is -2.74. The smallest absolute Gasteiger partial charge is 0.179 e. The van der Waals surface area contributed by atoms with Gasteiger partial charge in [-0.05, 0) is 169 Å². The first-order valence-electron chi connectivity index (χ1n) is 39.2. The third-order valence-corrected chi connectivity index (χ3v) is 33.2. The molecule has 2 heterocycles. The van der Waals surface area contributed by atoms with Crippen molar-refractivity contribution in [2.75, 3.05) is 9.80 Å². The number of hydrogen-bond donors (Lipinski definition) is 0. The molecule has 0 amide bonds. The van der Waals surface area contributed by atoms with E-state index in [2.05, 4.69) is 438 Å². The van der Waals surface area contributed by atoms with Crippen LogP contribution in [-0.4, -0.2) is 16.1 Å². The number of hydrogen-bond acceptors (Lipinski definition) is 4. The highest BCUT2D eigenvalue weighted by Crippen LogP contribution is 2.53. The van der Waals surface area contributed by atoms with Crippen LogP contribution < -0.4 is 51.3 Å². The monoisotopic (exact) mass is 1470 g/mol. The van der Waals surface area contributed by atoms with Gasteiger partial charge in [-0.3, -0.25) is 0 Å². The number of anilines is 6. The molecular weight excluding hydrogens is 1390 g/mol. The minimum Gasteiger partial charge on any atom is -0.454 e. The van der Waals surface area contributed by atoms with Crippen molar-refractivity contribution in [2.24, 2.45) is 0 Å². The fourth-order valence-electron chi connectivity index (χ4n) is 18.6. The van der Waals surface area contributed by atoms with Gasteiger partial charge in [-0.25, -0.2) is 0 Å². The SMILES string of the molecule is CC(C)c1cc(N(c2ccc(-c3cccc([Si](c4ccccc4)(c4ccccc4)c4ccccc4)c3)cc2)c2cccc3c2oc2ccccc23)c2ccc3c(C(C)C)cc(N(c4ccc(-c5cccc([Si](c6ccccc6)(c6ccccc6)c6ccccc6)c5)cc4)c4cccc5c4oc4ccccc45)c4ccc1c2c34. The van der Waals surface area contributed by atoms with Crippen LogP contribution in [0.15, 0.2) is 409 Å². The molecule has 0 fully saturated rings. The molecule has 0 bridgehead atoms. The average Bonchev–Trinajstić information content (AvgIpc) is 0.868. The third kappa shape index (κ3) is 11.1. The summed E-state index contributed by atoms with van der Waals surface area (Å²) >= 11 is 0. The highest BCUT2D eigenvalue weighted by molar-refractivity contribution is 7.20. The quantitative estimate of drug-likeness (QED) is 0.0487. The number of fused-ring (bicyclic) bond motifs is 6. The summed E-state index contributed by atoms with van der Waals surface area (Å²) in [6, 6.07) is 150. The van der Waals surface area contributed by atoms with E-state index in [9.17, 15) is 0 Å². The minimum atomic E-state index is -2.83. The van der Waals surface area contributed by atoms with Crippen molar-refractivity contribution in [2.45, 2.75) is 39.5 Å². The van der Waals surface area contributed by atoms with E-state index in [1.807, 2.05) is 0 Å². The Labute approximate surface area is 655 Å². The summed E-state index contributed by atoms with van der Waals surface area (Å²) in [7, 11) is -5.67. The zero-order valence-corrected chi connectivity index (χ0v) is 65.0. The maximum absolute atomic E-state index is 7.13. The first-order valence-corrected chi connectivity index (χ1v) is 43.2. The molecular formula is C106H80N2O2Si2. The largest absolute Gasteiger partial charge is 0.454 e. The zero-order valence-electron chi connectivity index (χ0n) is 63.0. The van der Waals surface area contributed by atoms with Crippen molar-refractivity contribution in [1.82, 2.24) is 0 Å². The molecule has 112 heavy (non-hydrogen) atoms. The van der Waals surface area contributed by atoms with Gasteiger partial charge in [0.1, 0.15) is 11.2 Å². The highest BCUT2D eigenvalue weighted by atomic mass is 28.3. The van der Waals surface area contributed by atoms with Crippen LogP contribution in [0.4, 0.5) is 34.1 Å². The van der Waals surface area contributed by atoms with Crippen LogP contribution in [0.1, 0.15) is 50.7 Å². The second-order valence-corrected chi connectivity index (χ2v) is 38.1. The van der Waals surface area contributed by atoms with Crippen molar-refractivity contribution < 1.29 is 8.83 Å². The number of benzene rings is 18. The van der Waals surface area contributed by atoms with Gasteiger partial charge in [0.2, 0.25) is 0 Å². The summed E-state index contributed by atoms with van der Waals surface area (Å²) in [5, 5.41) is 22.3. The second-order valence-electron chi connectivity index (χ2n) is 30.5. The third-order valence-electron chi connectivity index (χ3n) is 23.6. The van der Waals surface area contributed by atoms with Crippen molar-refractivity contribution in [3.8, 4) is 22.3 Å². The van der Waals surface area contributed by atoms with Crippen LogP contribution >= 0.6 is 0 Å². The van der Waals surface area contributed by atoms with E-state index in [1.54, 1.807) is 0 Å². The molecule has 0 radical (unpaired) electrons. The summed E-state index contributed by atoms with van der Waals surface area (Å²) in [6.07, 6.45) is 0. The standard InChI is InChI=1S/C106H80N2O2Si2/c1-71(2)95-69-99(107(97-51-29-49-91-87-47-23-25-53-101(87)109-105(91)97)77-59-55-73(56-60-77)75-31-27-45-85(67-75)111(79-33-11-5-12-34-79,80-35-13-6-14-36-80)81-37-15-7-16-38-81)93-66-64-90-96(72(3)4)70-100(94-65-63-89(95)103(93)104(90)94)108(98-52-30-50-92-88-48-24-26-54-102(88)110-106(92)98)78-61-57-74(58-62-78)76-32-28-46-86(68-76)112(82-39-17-8-18-40-82,83-41-19-9-20-42-83)84-43-21-10-22-44-84/h5-72H,1-4H3. The lowest BCUT2D eigenvalue weighted by atomic mass is 9.84. The van der Waals surface area contributed by atoms with Gasteiger partial charge in [0.15, 0.2) is 27.3 Å². The zero-order chi connectivity index (χ0) is 75.0. The molecule has 18 aromatic carbocycles. The Bertz CT molecular complexity index is 6250. The maximum Gasteiger partial charge on any atom is 0.179 e. The predicted octanol–water partition coefficient (Wildman–Crippen LogP) is 23.7. The Morgan fingerprint density at radius 2 is 0.500 bits per heavy atom. The number of rotatable bonds is 18. The van der Waals surface area contributed by atoms with Gasteiger partial charge in [-0.15, -0.1) is 0 Å². The number of nitrogens with zero attached hydrogens (tertiary/aromatic N) is 2. The maximum atomic E-state index is 7.13. The normalized spacial score (nSPS) is 12.1. The molecule has 20 rings (SSSR count). The van der Waals surface area contributed by atoms with Crippen LogP contribution in [0, 0.1) is 0 Å². The number of furan rings is 2. The van der Waals surface area contributed by atoms with Gasteiger partial charge in [-0.2, -0.15) is 0 Å². The molecule has 20 aromatic rings. The van der Waals surface area contributed by atoms with E-state index in [1.165, 1.54) is 74.2 Å². The van der Waals surface area contributed by atoms with Crippen molar-refractivity contribution >= 4 is 168 Å². The first-order chi connectivity index (χ1) is 55.2. The topological polar surface area (TPSA) is 32.8 Å². The van der Waals surface area contributed by atoms with Crippen molar-refractivity contribution in [3.05, 3.63) is 412 Å². The molecule has 534 valence electrons. The second kappa shape index (κ2) is 27.9. The lowest BCUT2D eigenvalue weighted by Gasteiger charge is -2.34. The van der Waals surface area contributed by atoms with Gasteiger partial charge >= 0.3 is 0 Å². The summed E-state index contributed by atoms with van der Waals surface area (Å²) in [5.74, 6) is 0.304. The van der Waals surface area contributed by atoms with E-state index >= 15 is 0 Å². The van der Waals surface area contributed by atoms with Gasteiger partial charge in [0, 0.05) is 43.7 Å². The van der Waals surface area contributed by atoms with Crippen LogP contribution in [0.2, 0.25) is 0 Å². The van der Waals surface area contributed by atoms with Crippen LogP contribution in [0.5, 0.6) is 0 Å². The molecule has 0 atom stereocenters. The fraction of sp³-hybridized carbons (Fsp3) is 0.0566.